The number of nitrogens with zero attached hydrogens (tertiary/aromatic N) is 1. The smallest absolute Gasteiger partial charge is 0.213 e. The number of halogens is 2. The molecule has 92 valence electrons. The Hall–Kier alpha value is -1.38. The second kappa shape index (κ2) is 5.09. The van der Waals surface area contributed by atoms with Gasteiger partial charge in [-0.2, -0.15) is 0 Å². The zero-order valence-corrected chi connectivity index (χ0v) is 11.5. The minimum Gasteiger partial charge on any atom is -0.287 e. The van der Waals surface area contributed by atoms with Crippen molar-refractivity contribution in [3.63, 3.8) is 0 Å². The molecule has 0 amide bonds. The van der Waals surface area contributed by atoms with Gasteiger partial charge in [0.15, 0.2) is 0 Å². The number of hydrogen-bond donors (Lipinski definition) is 0. The Morgan fingerprint density at radius 1 is 1.17 bits per heavy atom. The molecule has 0 saturated heterocycles. The van der Waals surface area contributed by atoms with Crippen molar-refractivity contribution < 1.29 is 4.79 Å². The maximum Gasteiger partial charge on any atom is 0.213 e. The largest absolute Gasteiger partial charge is 0.287 e. The fraction of sp³-hybridized carbons (Fsp3) is 0.143. The Kier molecular flexibility index (Phi) is 3.69. The van der Waals surface area contributed by atoms with Crippen molar-refractivity contribution in [2.24, 2.45) is 0 Å². The van der Waals surface area contributed by atoms with E-state index in [1.165, 1.54) is 0 Å². The van der Waals surface area contributed by atoms with E-state index >= 15 is 0 Å². The molecule has 0 saturated carbocycles. The molecule has 0 aliphatic heterocycles. The molecule has 1 aromatic carbocycles. The van der Waals surface area contributed by atoms with Crippen LogP contribution in [0.15, 0.2) is 30.5 Å². The van der Waals surface area contributed by atoms with Gasteiger partial charge in [0.25, 0.3) is 0 Å². The van der Waals surface area contributed by atoms with E-state index in [2.05, 4.69) is 4.98 Å². The number of rotatable bonds is 2. The highest BCUT2D eigenvalue weighted by Crippen LogP contribution is 2.23. The van der Waals surface area contributed by atoms with E-state index in [-0.39, 0.29) is 5.78 Å². The number of aromatic nitrogens is 1. The summed E-state index contributed by atoms with van der Waals surface area (Å²) in [6.07, 6.45) is 1.67. The predicted octanol–water partition coefficient (Wildman–Crippen LogP) is 4.24. The van der Waals surface area contributed by atoms with Gasteiger partial charge in [0.2, 0.25) is 5.78 Å². The molecule has 0 bridgehead atoms. The van der Waals surface area contributed by atoms with Crippen LogP contribution in [0.3, 0.4) is 0 Å². The van der Waals surface area contributed by atoms with Gasteiger partial charge in [-0.3, -0.25) is 9.78 Å². The lowest BCUT2D eigenvalue weighted by Gasteiger charge is -2.07. The number of benzene rings is 1. The van der Waals surface area contributed by atoms with E-state index in [0.717, 1.165) is 11.1 Å². The summed E-state index contributed by atoms with van der Waals surface area (Å²) in [7, 11) is 0. The van der Waals surface area contributed by atoms with Gasteiger partial charge in [-0.05, 0) is 43.2 Å². The number of ketones is 1. The van der Waals surface area contributed by atoms with Crippen molar-refractivity contribution in [1.29, 1.82) is 0 Å². The number of carbonyl (C=O) groups is 1. The number of pyridine rings is 1. The fourth-order valence-electron chi connectivity index (χ4n) is 1.75. The molecule has 0 unspecified atom stereocenters. The number of aryl methyl sites for hydroxylation is 2. The van der Waals surface area contributed by atoms with Crippen LogP contribution in [0.2, 0.25) is 10.0 Å². The summed E-state index contributed by atoms with van der Waals surface area (Å²) >= 11 is 11.9. The molecule has 4 heteroatoms. The van der Waals surface area contributed by atoms with E-state index in [1.807, 2.05) is 19.9 Å². The van der Waals surface area contributed by atoms with Crippen LogP contribution in [0, 0.1) is 13.8 Å². The van der Waals surface area contributed by atoms with Crippen LogP contribution in [-0.4, -0.2) is 10.8 Å². The van der Waals surface area contributed by atoms with Crippen molar-refractivity contribution in [3.05, 3.63) is 62.9 Å². The summed E-state index contributed by atoms with van der Waals surface area (Å²) in [4.78, 5) is 16.5. The van der Waals surface area contributed by atoms with Crippen LogP contribution in [0.1, 0.15) is 27.2 Å². The molecule has 0 fully saturated rings. The summed E-state index contributed by atoms with van der Waals surface area (Å²) in [6, 6.07) is 6.74. The second-order valence-electron chi connectivity index (χ2n) is 4.13. The summed E-state index contributed by atoms with van der Waals surface area (Å²) in [5.41, 5.74) is 2.63. The van der Waals surface area contributed by atoms with Crippen molar-refractivity contribution in [2.45, 2.75) is 13.8 Å². The highest BCUT2D eigenvalue weighted by atomic mass is 35.5. The third kappa shape index (κ3) is 2.55. The first-order chi connectivity index (χ1) is 8.49. The van der Waals surface area contributed by atoms with E-state index < -0.39 is 0 Å². The van der Waals surface area contributed by atoms with Crippen LogP contribution in [-0.2, 0) is 0 Å². The molecule has 2 nitrogen and oxygen atoms in total. The normalized spacial score (nSPS) is 10.4. The van der Waals surface area contributed by atoms with Gasteiger partial charge in [-0.25, -0.2) is 0 Å². The van der Waals surface area contributed by atoms with Crippen LogP contribution < -0.4 is 0 Å². The Morgan fingerprint density at radius 3 is 2.56 bits per heavy atom. The monoisotopic (exact) mass is 279 g/mol. The van der Waals surface area contributed by atoms with Gasteiger partial charge < -0.3 is 0 Å². The first kappa shape index (κ1) is 13.1. The Balaban J connectivity index is 2.51. The minimum absolute atomic E-state index is 0.208. The third-order valence-electron chi connectivity index (χ3n) is 2.60. The SMILES string of the molecule is Cc1cnc(C(=O)c2cc(Cl)ccc2Cl)c(C)c1. The van der Waals surface area contributed by atoms with Crippen LogP contribution in [0.25, 0.3) is 0 Å². The van der Waals surface area contributed by atoms with Gasteiger partial charge in [-0.1, -0.05) is 29.3 Å². The first-order valence-electron chi connectivity index (χ1n) is 5.42. The molecular formula is C14H11Cl2NO. The predicted molar refractivity (Wildman–Crippen MR) is 73.6 cm³/mol. The van der Waals surface area contributed by atoms with Gasteiger partial charge in [-0.15, -0.1) is 0 Å². The number of hydrogen-bond acceptors (Lipinski definition) is 2. The highest BCUT2D eigenvalue weighted by Gasteiger charge is 2.16. The lowest BCUT2D eigenvalue weighted by Crippen LogP contribution is -2.07. The van der Waals surface area contributed by atoms with Crippen LogP contribution >= 0.6 is 23.2 Å². The lowest BCUT2D eigenvalue weighted by molar-refractivity contribution is 0.103. The maximum atomic E-state index is 12.3. The summed E-state index contributed by atoms with van der Waals surface area (Å²) in [6.45, 7) is 3.78. The molecule has 0 N–H and O–H groups in total. The Bertz CT molecular complexity index is 623. The van der Waals surface area contributed by atoms with E-state index in [4.69, 9.17) is 23.2 Å². The van der Waals surface area contributed by atoms with Gasteiger partial charge in [0.1, 0.15) is 5.69 Å². The Morgan fingerprint density at radius 2 is 1.89 bits per heavy atom. The van der Waals surface area contributed by atoms with Gasteiger partial charge >= 0.3 is 0 Å². The third-order valence-corrected chi connectivity index (χ3v) is 3.17. The highest BCUT2D eigenvalue weighted by molar-refractivity contribution is 6.36. The fourth-order valence-corrected chi connectivity index (χ4v) is 2.13. The van der Waals surface area contributed by atoms with Crippen molar-refractivity contribution in [1.82, 2.24) is 4.98 Å². The lowest BCUT2D eigenvalue weighted by atomic mass is 10.0. The van der Waals surface area contributed by atoms with Gasteiger partial charge in [0, 0.05) is 16.8 Å². The standard InChI is InChI=1S/C14H11Cl2NO/c1-8-5-9(2)13(17-7-8)14(18)11-6-10(15)3-4-12(11)16/h3-7H,1-2H3. The quantitative estimate of drug-likeness (QED) is 0.770. The summed E-state index contributed by atoms with van der Waals surface area (Å²) in [5, 5.41) is 0.860. The van der Waals surface area contributed by atoms with Gasteiger partial charge in [0.05, 0.1) is 5.02 Å². The average molecular weight is 280 g/mol. The average Bonchev–Trinajstić information content (AvgIpc) is 2.31. The molecular weight excluding hydrogens is 269 g/mol. The Labute approximate surface area is 116 Å². The molecule has 0 atom stereocenters. The van der Waals surface area contributed by atoms with Crippen molar-refractivity contribution in [2.75, 3.05) is 0 Å². The van der Waals surface area contributed by atoms with Crippen LogP contribution in [0.5, 0.6) is 0 Å². The molecule has 1 aromatic heterocycles. The molecule has 0 spiro atoms. The molecule has 1 heterocycles. The molecule has 0 aliphatic rings. The summed E-state index contributed by atoms with van der Waals surface area (Å²) in [5.74, 6) is -0.208. The molecule has 0 radical (unpaired) electrons. The minimum atomic E-state index is -0.208. The van der Waals surface area contributed by atoms with E-state index in [0.29, 0.717) is 21.3 Å². The molecule has 0 aliphatic carbocycles. The van der Waals surface area contributed by atoms with Crippen molar-refractivity contribution in [3.8, 4) is 0 Å². The molecule has 2 rings (SSSR count). The van der Waals surface area contributed by atoms with Crippen LogP contribution in [0.4, 0.5) is 0 Å². The first-order valence-corrected chi connectivity index (χ1v) is 6.17. The molecule has 18 heavy (non-hydrogen) atoms. The zero-order valence-electron chi connectivity index (χ0n) is 10.00. The zero-order chi connectivity index (χ0) is 13.3. The second-order valence-corrected chi connectivity index (χ2v) is 4.98. The van der Waals surface area contributed by atoms with E-state index in [9.17, 15) is 4.79 Å². The summed E-state index contributed by atoms with van der Waals surface area (Å²) < 4.78 is 0. The topological polar surface area (TPSA) is 30.0 Å². The number of carbonyl (C=O) groups excluding carboxylic acids is 1. The molecule has 2 aromatic rings. The van der Waals surface area contributed by atoms with Crippen molar-refractivity contribution >= 4 is 29.0 Å². The maximum absolute atomic E-state index is 12.3. The van der Waals surface area contributed by atoms with E-state index in [1.54, 1.807) is 24.4 Å².